The minimum Gasteiger partial charge on any atom is -0.350 e. The number of carbonyl (C=O) groups is 2. The topological polar surface area (TPSA) is 46.2 Å². The van der Waals surface area contributed by atoms with E-state index in [0.29, 0.717) is 11.1 Å². The SMILES string of the molecule is O=C(NC1CCCCC1)[C@@]1(F)Cc2ccccc2C1=O. The van der Waals surface area contributed by atoms with Crippen LogP contribution in [0.4, 0.5) is 4.39 Å². The molecule has 1 amide bonds. The van der Waals surface area contributed by atoms with E-state index >= 15 is 0 Å². The Labute approximate surface area is 117 Å². The number of benzene rings is 1. The molecule has 1 saturated carbocycles. The van der Waals surface area contributed by atoms with Crippen LogP contribution in [0.15, 0.2) is 24.3 Å². The molecule has 1 atom stereocenters. The Bertz CT molecular complexity index is 551. The molecule has 1 N–H and O–H groups in total. The Kier molecular flexibility index (Phi) is 3.32. The van der Waals surface area contributed by atoms with Gasteiger partial charge in [-0.05, 0) is 18.4 Å². The molecule has 3 rings (SSSR count). The number of ketones is 1. The number of alkyl halides is 1. The zero-order valence-corrected chi connectivity index (χ0v) is 11.3. The summed E-state index contributed by atoms with van der Waals surface area (Å²) in [7, 11) is 0. The van der Waals surface area contributed by atoms with E-state index in [1.807, 2.05) is 0 Å². The predicted molar refractivity (Wildman–Crippen MR) is 73.3 cm³/mol. The van der Waals surface area contributed by atoms with Gasteiger partial charge < -0.3 is 5.32 Å². The fourth-order valence-electron chi connectivity index (χ4n) is 3.18. The molecule has 0 bridgehead atoms. The summed E-state index contributed by atoms with van der Waals surface area (Å²) in [6.07, 6.45) is 4.89. The van der Waals surface area contributed by atoms with E-state index < -0.39 is 17.4 Å². The number of carbonyl (C=O) groups excluding carboxylic acids is 2. The zero-order valence-electron chi connectivity index (χ0n) is 11.3. The average Bonchev–Trinajstić information content (AvgIpc) is 2.73. The van der Waals surface area contributed by atoms with Gasteiger partial charge in [0.15, 0.2) is 0 Å². The Hall–Kier alpha value is -1.71. The van der Waals surface area contributed by atoms with Crippen LogP contribution >= 0.6 is 0 Å². The molecule has 0 saturated heterocycles. The summed E-state index contributed by atoms with van der Waals surface area (Å²) in [4.78, 5) is 24.4. The summed E-state index contributed by atoms with van der Waals surface area (Å²) in [5, 5.41) is 2.73. The molecule has 0 aromatic heterocycles. The van der Waals surface area contributed by atoms with Crippen LogP contribution in [0.2, 0.25) is 0 Å². The maximum Gasteiger partial charge on any atom is 0.266 e. The Morgan fingerprint density at radius 1 is 1.20 bits per heavy atom. The van der Waals surface area contributed by atoms with Crippen LogP contribution in [0.3, 0.4) is 0 Å². The maximum atomic E-state index is 14.9. The average molecular weight is 275 g/mol. The molecule has 4 heteroatoms. The molecule has 1 fully saturated rings. The van der Waals surface area contributed by atoms with E-state index in [0.717, 1.165) is 32.1 Å². The second-order valence-electron chi connectivity index (χ2n) is 5.77. The molecule has 0 heterocycles. The molecule has 0 radical (unpaired) electrons. The Balaban J connectivity index is 1.76. The molecule has 2 aliphatic carbocycles. The normalized spacial score (nSPS) is 26.4. The van der Waals surface area contributed by atoms with Gasteiger partial charge in [0.1, 0.15) is 0 Å². The van der Waals surface area contributed by atoms with Crippen molar-refractivity contribution in [3.63, 3.8) is 0 Å². The summed E-state index contributed by atoms with van der Waals surface area (Å²) in [5.74, 6) is -1.45. The molecular formula is C16H18FNO2. The molecule has 0 aliphatic heterocycles. The van der Waals surface area contributed by atoms with Gasteiger partial charge in [-0.2, -0.15) is 0 Å². The second-order valence-corrected chi connectivity index (χ2v) is 5.77. The van der Waals surface area contributed by atoms with Crippen molar-refractivity contribution in [3.05, 3.63) is 35.4 Å². The fourth-order valence-corrected chi connectivity index (χ4v) is 3.18. The first-order valence-corrected chi connectivity index (χ1v) is 7.24. The van der Waals surface area contributed by atoms with Crippen molar-refractivity contribution in [1.29, 1.82) is 0 Å². The lowest BCUT2D eigenvalue weighted by molar-refractivity contribution is -0.130. The molecular weight excluding hydrogens is 257 g/mol. The van der Waals surface area contributed by atoms with Gasteiger partial charge in [-0.15, -0.1) is 0 Å². The molecule has 0 unspecified atom stereocenters. The van der Waals surface area contributed by atoms with Gasteiger partial charge in [-0.1, -0.05) is 43.5 Å². The molecule has 2 aliphatic rings. The van der Waals surface area contributed by atoms with Crippen LogP contribution in [-0.2, 0) is 11.2 Å². The predicted octanol–water partition coefficient (Wildman–Crippen LogP) is 2.58. The van der Waals surface area contributed by atoms with Crippen molar-refractivity contribution in [2.45, 2.75) is 50.2 Å². The summed E-state index contributed by atoms with van der Waals surface area (Å²) in [6, 6.07) is 6.77. The van der Waals surface area contributed by atoms with Gasteiger partial charge in [0.2, 0.25) is 5.78 Å². The van der Waals surface area contributed by atoms with Crippen molar-refractivity contribution in [1.82, 2.24) is 5.32 Å². The van der Waals surface area contributed by atoms with Gasteiger partial charge in [0.05, 0.1) is 0 Å². The second kappa shape index (κ2) is 5.00. The molecule has 1 aromatic rings. The first-order valence-electron chi connectivity index (χ1n) is 7.24. The van der Waals surface area contributed by atoms with E-state index in [2.05, 4.69) is 5.32 Å². The summed E-state index contributed by atoms with van der Waals surface area (Å²) in [5.41, 5.74) is -1.45. The van der Waals surface area contributed by atoms with Crippen LogP contribution in [0.5, 0.6) is 0 Å². The van der Waals surface area contributed by atoms with E-state index in [1.165, 1.54) is 0 Å². The number of halogens is 1. The molecule has 0 spiro atoms. The van der Waals surface area contributed by atoms with Gasteiger partial charge >= 0.3 is 0 Å². The number of nitrogens with one attached hydrogen (secondary N) is 1. The third kappa shape index (κ3) is 2.13. The highest BCUT2D eigenvalue weighted by Gasteiger charge is 2.52. The highest BCUT2D eigenvalue weighted by atomic mass is 19.1. The largest absolute Gasteiger partial charge is 0.350 e. The number of amides is 1. The molecule has 20 heavy (non-hydrogen) atoms. The lowest BCUT2D eigenvalue weighted by Gasteiger charge is -2.26. The first kappa shape index (κ1) is 13.3. The van der Waals surface area contributed by atoms with Crippen LogP contribution < -0.4 is 5.32 Å². The highest BCUT2D eigenvalue weighted by molar-refractivity contribution is 6.20. The maximum absolute atomic E-state index is 14.9. The summed E-state index contributed by atoms with van der Waals surface area (Å²) < 4.78 is 14.9. The van der Waals surface area contributed by atoms with E-state index in [4.69, 9.17) is 0 Å². The molecule has 106 valence electrons. The molecule has 3 nitrogen and oxygen atoms in total. The van der Waals surface area contributed by atoms with Crippen molar-refractivity contribution in [2.24, 2.45) is 0 Å². The standard InChI is InChI=1S/C16H18FNO2/c17-16(15(20)18-12-7-2-1-3-8-12)10-11-6-4-5-9-13(11)14(16)19/h4-6,9,12H,1-3,7-8,10H2,(H,18,20)/t16-/m1/s1. The third-order valence-electron chi connectivity index (χ3n) is 4.36. The van der Waals surface area contributed by atoms with Gasteiger partial charge in [0.25, 0.3) is 11.6 Å². The van der Waals surface area contributed by atoms with Gasteiger partial charge in [0, 0.05) is 18.0 Å². The minimum atomic E-state index is -2.42. The zero-order chi connectivity index (χ0) is 14.2. The number of hydrogen-bond acceptors (Lipinski definition) is 2. The van der Waals surface area contributed by atoms with Crippen molar-refractivity contribution < 1.29 is 14.0 Å². The smallest absolute Gasteiger partial charge is 0.266 e. The van der Waals surface area contributed by atoms with Crippen LogP contribution in [0.25, 0.3) is 0 Å². The van der Waals surface area contributed by atoms with Gasteiger partial charge in [-0.25, -0.2) is 4.39 Å². The monoisotopic (exact) mass is 275 g/mol. The van der Waals surface area contributed by atoms with Crippen LogP contribution in [0.1, 0.15) is 48.0 Å². The number of Topliss-reactive ketones (excluding diaryl/α,β-unsaturated/α-hetero) is 1. The van der Waals surface area contributed by atoms with Crippen molar-refractivity contribution in [2.75, 3.05) is 0 Å². The summed E-state index contributed by atoms with van der Waals surface area (Å²) in [6.45, 7) is 0. The van der Waals surface area contributed by atoms with Crippen molar-refractivity contribution >= 4 is 11.7 Å². The Morgan fingerprint density at radius 2 is 1.90 bits per heavy atom. The number of hydrogen-bond donors (Lipinski definition) is 1. The fraction of sp³-hybridized carbons (Fsp3) is 0.500. The minimum absolute atomic E-state index is 0.0142. The number of rotatable bonds is 2. The lowest BCUT2D eigenvalue weighted by atomic mass is 9.93. The van der Waals surface area contributed by atoms with Gasteiger partial charge in [-0.3, -0.25) is 9.59 Å². The van der Waals surface area contributed by atoms with E-state index in [9.17, 15) is 14.0 Å². The van der Waals surface area contributed by atoms with Crippen LogP contribution in [0, 0.1) is 0 Å². The van der Waals surface area contributed by atoms with E-state index in [1.54, 1.807) is 24.3 Å². The van der Waals surface area contributed by atoms with Crippen molar-refractivity contribution in [3.8, 4) is 0 Å². The number of fused-ring (bicyclic) bond motifs is 1. The third-order valence-corrected chi connectivity index (χ3v) is 4.36. The highest BCUT2D eigenvalue weighted by Crippen LogP contribution is 2.33. The molecule has 1 aromatic carbocycles. The Morgan fingerprint density at radius 3 is 2.60 bits per heavy atom. The quantitative estimate of drug-likeness (QED) is 0.843. The van der Waals surface area contributed by atoms with E-state index in [-0.39, 0.29) is 12.5 Å². The van der Waals surface area contributed by atoms with Crippen LogP contribution in [-0.4, -0.2) is 23.4 Å². The first-order chi connectivity index (χ1) is 9.61. The summed E-state index contributed by atoms with van der Waals surface area (Å²) >= 11 is 0. The lowest BCUT2D eigenvalue weighted by Crippen LogP contribution is -2.51.